The number of urea groups is 1. The normalized spacial score (nSPS) is 17.6. The number of amides is 3. The molecule has 164 valence electrons. The van der Waals surface area contributed by atoms with Crippen molar-refractivity contribution in [2.45, 2.75) is 17.9 Å². The van der Waals surface area contributed by atoms with E-state index in [1.807, 2.05) is 30.5 Å². The molecule has 9 heteroatoms. The number of benzene rings is 2. The summed E-state index contributed by atoms with van der Waals surface area (Å²) >= 11 is 1.59. The van der Waals surface area contributed by atoms with Crippen molar-refractivity contribution >= 4 is 41.1 Å². The van der Waals surface area contributed by atoms with Gasteiger partial charge in [-0.15, -0.1) is 11.8 Å². The largest absolute Gasteiger partial charge is 0.456 e. The van der Waals surface area contributed by atoms with Crippen LogP contribution in [0.4, 0.5) is 10.5 Å². The minimum absolute atomic E-state index is 0.0679. The Morgan fingerprint density at radius 3 is 2.44 bits per heavy atom. The van der Waals surface area contributed by atoms with Crippen LogP contribution in [0.1, 0.15) is 28.9 Å². The molecule has 8 nitrogen and oxygen atoms in total. The summed E-state index contributed by atoms with van der Waals surface area (Å²) in [6.07, 6.45) is 1.97. The first-order valence-electron chi connectivity index (χ1n) is 9.90. The van der Waals surface area contributed by atoms with E-state index in [-0.39, 0.29) is 18.9 Å². The van der Waals surface area contributed by atoms with Crippen LogP contribution in [0, 0.1) is 0 Å². The van der Waals surface area contributed by atoms with Crippen LogP contribution in [0.15, 0.2) is 64.7 Å². The summed E-state index contributed by atoms with van der Waals surface area (Å²) in [5.41, 5.74) is 2.51. The van der Waals surface area contributed by atoms with Gasteiger partial charge in [0.2, 0.25) is 5.91 Å². The molecular weight excluding hydrogens is 430 g/mol. The van der Waals surface area contributed by atoms with Crippen LogP contribution in [0.5, 0.6) is 0 Å². The van der Waals surface area contributed by atoms with Crippen LogP contribution in [-0.4, -0.2) is 48.0 Å². The number of hydrogen-bond donors (Lipinski definition) is 2. The SMILES string of the molecule is CSc1ccc([C@H]2NC(=O)N(CC(=O)Nc3ccc(C(C)=O)cc3)C3=C2C(=O)OC3)cc1. The average molecular weight is 452 g/mol. The molecule has 3 amide bonds. The van der Waals surface area contributed by atoms with Crippen molar-refractivity contribution in [1.29, 1.82) is 0 Å². The molecule has 0 saturated carbocycles. The topological polar surface area (TPSA) is 105 Å². The van der Waals surface area contributed by atoms with Gasteiger partial charge in [-0.1, -0.05) is 12.1 Å². The zero-order valence-corrected chi connectivity index (χ0v) is 18.3. The molecule has 2 aromatic carbocycles. The van der Waals surface area contributed by atoms with Crippen molar-refractivity contribution in [3.05, 3.63) is 70.9 Å². The minimum atomic E-state index is -0.637. The molecule has 0 radical (unpaired) electrons. The molecule has 0 fully saturated rings. The zero-order chi connectivity index (χ0) is 22.8. The van der Waals surface area contributed by atoms with Crippen LogP contribution in [0.3, 0.4) is 0 Å². The smallest absolute Gasteiger partial charge is 0.338 e. The monoisotopic (exact) mass is 451 g/mol. The van der Waals surface area contributed by atoms with E-state index in [1.54, 1.807) is 36.0 Å². The molecule has 32 heavy (non-hydrogen) atoms. The maximum Gasteiger partial charge on any atom is 0.338 e. The Kier molecular flexibility index (Phi) is 6.00. The van der Waals surface area contributed by atoms with Gasteiger partial charge in [0.1, 0.15) is 13.2 Å². The molecule has 0 aromatic heterocycles. The fraction of sp³-hybridized carbons (Fsp3) is 0.217. The van der Waals surface area contributed by atoms with Crippen molar-refractivity contribution in [2.24, 2.45) is 0 Å². The van der Waals surface area contributed by atoms with E-state index in [1.165, 1.54) is 11.8 Å². The number of ketones is 1. The van der Waals surface area contributed by atoms with Gasteiger partial charge in [0.05, 0.1) is 17.3 Å². The van der Waals surface area contributed by atoms with Crippen LogP contribution < -0.4 is 10.6 Å². The Bertz CT molecular complexity index is 1130. The standard InChI is InChI=1S/C23H21N3O5S/c1-13(27)14-3-7-16(8-4-14)24-19(28)11-26-18-12-31-22(29)20(18)21(25-23(26)30)15-5-9-17(32-2)10-6-15/h3-10,21H,11-12H2,1-2H3,(H,24,28)(H,25,30)/t21-/m1/s1. The van der Waals surface area contributed by atoms with E-state index in [0.717, 1.165) is 10.5 Å². The number of esters is 1. The summed E-state index contributed by atoms with van der Waals surface area (Å²) in [5.74, 6) is -1.02. The first-order chi connectivity index (χ1) is 15.4. The number of anilines is 1. The van der Waals surface area contributed by atoms with Gasteiger partial charge in [-0.2, -0.15) is 0 Å². The van der Waals surface area contributed by atoms with Gasteiger partial charge in [-0.25, -0.2) is 9.59 Å². The molecule has 2 heterocycles. The third kappa shape index (κ3) is 4.24. The highest BCUT2D eigenvalue weighted by atomic mass is 32.2. The fourth-order valence-corrected chi connectivity index (χ4v) is 4.07. The third-order valence-corrected chi connectivity index (χ3v) is 6.07. The molecule has 2 aliphatic heterocycles. The average Bonchev–Trinajstić information content (AvgIpc) is 3.17. The number of nitrogens with one attached hydrogen (secondary N) is 2. The number of carbonyl (C=O) groups is 4. The van der Waals surface area contributed by atoms with Crippen molar-refractivity contribution in [3.8, 4) is 0 Å². The molecule has 0 aliphatic carbocycles. The number of carbonyl (C=O) groups excluding carboxylic acids is 4. The van der Waals surface area contributed by atoms with Crippen LogP contribution in [0.25, 0.3) is 0 Å². The zero-order valence-electron chi connectivity index (χ0n) is 17.5. The quantitative estimate of drug-likeness (QED) is 0.397. The Labute approximate surface area is 189 Å². The summed E-state index contributed by atoms with van der Waals surface area (Å²) in [6.45, 7) is 1.11. The maximum absolute atomic E-state index is 12.9. The summed E-state index contributed by atoms with van der Waals surface area (Å²) in [6, 6.07) is 12.9. The number of thioether (sulfide) groups is 1. The lowest BCUT2D eigenvalue weighted by atomic mass is 9.96. The number of cyclic esters (lactones) is 1. The molecule has 0 bridgehead atoms. The molecule has 2 aliphatic rings. The lowest BCUT2D eigenvalue weighted by Crippen LogP contribution is -2.49. The Hall–Kier alpha value is -3.59. The highest BCUT2D eigenvalue weighted by Crippen LogP contribution is 2.35. The Morgan fingerprint density at radius 1 is 1.12 bits per heavy atom. The maximum atomic E-state index is 12.9. The van der Waals surface area contributed by atoms with Gasteiger partial charge in [-0.3, -0.25) is 14.5 Å². The van der Waals surface area contributed by atoms with E-state index in [9.17, 15) is 19.2 Å². The van der Waals surface area contributed by atoms with Crippen LogP contribution >= 0.6 is 11.8 Å². The summed E-state index contributed by atoms with van der Waals surface area (Å²) < 4.78 is 5.20. The minimum Gasteiger partial charge on any atom is -0.456 e. The van der Waals surface area contributed by atoms with E-state index >= 15 is 0 Å². The van der Waals surface area contributed by atoms with Crippen molar-refractivity contribution < 1.29 is 23.9 Å². The van der Waals surface area contributed by atoms with Gasteiger partial charge in [0, 0.05) is 16.1 Å². The van der Waals surface area contributed by atoms with Crippen molar-refractivity contribution in [1.82, 2.24) is 10.2 Å². The van der Waals surface area contributed by atoms with E-state index in [0.29, 0.717) is 22.5 Å². The fourth-order valence-electron chi connectivity index (χ4n) is 3.66. The van der Waals surface area contributed by atoms with Gasteiger partial charge in [0.25, 0.3) is 0 Å². The summed E-state index contributed by atoms with van der Waals surface area (Å²) in [7, 11) is 0. The highest BCUT2D eigenvalue weighted by Gasteiger charge is 2.42. The molecule has 0 spiro atoms. The van der Waals surface area contributed by atoms with Gasteiger partial charge in [0.15, 0.2) is 5.78 Å². The molecule has 1 atom stereocenters. The second kappa shape index (κ2) is 8.88. The second-order valence-electron chi connectivity index (χ2n) is 7.36. The Balaban J connectivity index is 1.54. The highest BCUT2D eigenvalue weighted by molar-refractivity contribution is 7.98. The van der Waals surface area contributed by atoms with Gasteiger partial charge in [-0.05, 0) is 55.1 Å². The van der Waals surface area contributed by atoms with Crippen molar-refractivity contribution in [3.63, 3.8) is 0 Å². The predicted octanol–water partition coefficient (Wildman–Crippen LogP) is 3.13. The van der Waals surface area contributed by atoms with Gasteiger partial charge >= 0.3 is 12.0 Å². The summed E-state index contributed by atoms with van der Waals surface area (Å²) in [5, 5.41) is 5.52. The lowest BCUT2D eigenvalue weighted by Gasteiger charge is -2.32. The molecule has 0 saturated heterocycles. The molecule has 0 unspecified atom stereocenters. The van der Waals surface area contributed by atoms with Gasteiger partial charge < -0.3 is 15.4 Å². The molecule has 2 N–H and O–H groups in total. The van der Waals surface area contributed by atoms with E-state index in [2.05, 4.69) is 10.6 Å². The van der Waals surface area contributed by atoms with E-state index in [4.69, 9.17) is 4.74 Å². The molecule has 2 aromatic rings. The Morgan fingerprint density at radius 2 is 1.81 bits per heavy atom. The predicted molar refractivity (Wildman–Crippen MR) is 119 cm³/mol. The number of rotatable bonds is 6. The van der Waals surface area contributed by atoms with E-state index < -0.39 is 23.9 Å². The first-order valence-corrected chi connectivity index (χ1v) is 11.1. The lowest BCUT2D eigenvalue weighted by molar-refractivity contribution is -0.136. The first kappa shape index (κ1) is 21.6. The summed E-state index contributed by atoms with van der Waals surface area (Å²) in [4.78, 5) is 51.6. The van der Waals surface area contributed by atoms with Crippen LogP contribution in [0.2, 0.25) is 0 Å². The number of hydrogen-bond acceptors (Lipinski definition) is 6. The molecule has 4 rings (SSSR count). The van der Waals surface area contributed by atoms with Crippen molar-refractivity contribution in [2.75, 3.05) is 24.7 Å². The second-order valence-corrected chi connectivity index (χ2v) is 8.24. The number of Topliss-reactive ketones (excluding diaryl/α,β-unsaturated/α-hetero) is 1. The number of ether oxygens (including phenoxy) is 1. The third-order valence-electron chi connectivity index (χ3n) is 5.32. The van der Waals surface area contributed by atoms with Crippen LogP contribution in [-0.2, 0) is 14.3 Å². The molecular formula is C23H21N3O5S. The number of nitrogens with zero attached hydrogens (tertiary/aromatic N) is 1.